The average Bonchev–Trinajstić information content (AvgIpc) is 3.04. The third-order valence-corrected chi connectivity index (χ3v) is 3.95. The summed E-state index contributed by atoms with van der Waals surface area (Å²) in [4.78, 5) is 12.1. The molecule has 1 amide bonds. The number of aryl methyl sites for hydroxylation is 2. The van der Waals surface area contributed by atoms with Gasteiger partial charge in [-0.05, 0) is 38.2 Å². The highest BCUT2D eigenvalue weighted by molar-refractivity contribution is 5.85. The van der Waals surface area contributed by atoms with Crippen LogP contribution >= 0.6 is 0 Å². The Morgan fingerprint density at radius 1 is 1.58 bits per heavy atom. The lowest BCUT2D eigenvalue weighted by Crippen LogP contribution is -2.38. The quantitative estimate of drug-likeness (QED) is 0.793. The minimum Gasteiger partial charge on any atom is -0.355 e. The Bertz CT molecular complexity index is 480. The van der Waals surface area contributed by atoms with Gasteiger partial charge in [-0.15, -0.1) is 0 Å². The van der Waals surface area contributed by atoms with Crippen LogP contribution in [0.15, 0.2) is 6.20 Å². The number of carbonyl (C=O) groups is 1. The number of hydrogen-bond acceptors (Lipinski definition) is 3. The summed E-state index contributed by atoms with van der Waals surface area (Å²) in [5.41, 5.74) is 1.51. The first-order valence-corrected chi connectivity index (χ1v) is 6.86. The van der Waals surface area contributed by atoms with Crippen molar-refractivity contribution in [2.75, 3.05) is 6.54 Å². The normalized spacial score (nSPS) is 17.1. The van der Waals surface area contributed by atoms with Gasteiger partial charge >= 0.3 is 0 Å². The maximum absolute atomic E-state index is 12.1. The van der Waals surface area contributed by atoms with E-state index in [1.165, 1.54) is 5.56 Å². The van der Waals surface area contributed by atoms with Crippen molar-refractivity contribution in [2.45, 2.75) is 45.4 Å². The molecule has 1 fully saturated rings. The molecule has 0 aliphatic heterocycles. The van der Waals surface area contributed by atoms with E-state index < -0.39 is 5.41 Å². The van der Waals surface area contributed by atoms with Gasteiger partial charge < -0.3 is 5.32 Å². The largest absolute Gasteiger partial charge is 0.355 e. The van der Waals surface area contributed by atoms with E-state index in [0.717, 1.165) is 31.4 Å². The summed E-state index contributed by atoms with van der Waals surface area (Å²) < 4.78 is 0. The summed E-state index contributed by atoms with van der Waals surface area (Å²) in [5, 5.41) is 19.0. The van der Waals surface area contributed by atoms with Crippen LogP contribution in [0.3, 0.4) is 0 Å². The first-order chi connectivity index (χ1) is 9.18. The van der Waals surface area contributed by atoms with Gasteiger partial charge in [0.1, 0.15) is 5.41 Å². The fourth-order valence-corrected chi connectivity index (χ4v) is 2.65. The second kappa shape index (κ2) is 5.87. The van der Waals surface area contributed by atoms with E-state index >= 15 is 0 Å². The molecule has 0 aromatic carbocycles. The summed E-state index contributed by atoms with van der Waals surface area (Å²) in [6.45, 7) is 2.61. The molecule has 2 rings (SSSR count). The topological polar surface area (TPSA) is 81.6 Å². The predicted octanol–water partition coefficient (Wildman–Crippen LogP) is 1.85. The number of nitrogens with one attached hydrogen (secondary N) is 2. The van der Waals surface area contributed by atoms with Gasteiger partial charge in [0, 0.05) is 12.2 Å². The number of hydrogen-bond donors (Lipinski definition) is 2. The van der Waals surface area contributed by atoms with Crippen LogP contribution in [-0.2, 0) is 11.2 Å². The summed E-state index contributed by atoms with van der Waals surface area (Å²) >= 11 is 0. The molecule has 0 radical (unpaired) electrons. The van der Waals surface area contributed by atoms with Crippen molar-refractivity contribution >= 4 is 5.91 Å². The van der Waals surface area contributed by atoms with Crippen molar-refractivity contribution < 1.29 is 4.79 Å². The Kier molecular flexibility index (Phi) is 4.20. The van der Waals surface area contributed by atoms with Gasteiger partial charge in [-0.25, -0.2) is 0 Å². The molecule has 0 spiro atoms. The van der Waals surface area contributed by atoms with Crippen molar-refractivity contribution in [1.82, 2.24) is 15.5 Å². The first-order valence-electron chi connectivity index (χ1n) is 6.86. The molecule has 5 heteroatoms. The molecule has 0 saturated heterocycles. The van der Waals surface area contributed by atoms with E-state index in [1.54, 1.807) is 0 Å². The lowest BCUT2D eigenvalue weighted by atomic mass is 9.87. The van der Waals surface area contributed by atoms with Crippen LogP contribution in [0.5, 0.6) is 0 Å². The first kappa shape index (κ1) is 13.6. The van der Waals surface area contributed by atoms with E-state index in [0.29, 0.717) is 19.4 Å². The Labute approximate surface area is 113 Å². The second-order valence-corrected chi connectivity index (χ2v) is 5.28. The fraction of sp³-hybridized carbons (Fsp3) is 0.643. The van der Waals surface area contributed by atoms with Gasteiger partial charge in [0.2, 0.25) is 5.91 Å². The molecule has 2 N–H and O–H groups in total. The molecule has 1 heterocycles. The minimum atomic E-state index is -0.758. The zero-order valence-corrected chi connectivity index (χ0v) is 11.3. The SMILES string of the molecule is Cc1[nH]ncc1CCCNC(=O)C1(C#N)CCCC1. The Morgan fingerprint density at radius 3 is 2.89 bits per heavy atom. The maximum atomic E-state index is 12.1. The highest BCUT2D eigenvalue weighted by Crippen LogP contribution is 2.37. The van der Waals surface area contributed by atoms with Crippen molar-refractivity contribution in [3.8, 4) is 6.07 Å². The molecule has 102 valence electrons. The Balaban J connectivity index is 1.75. The molecule has 1 aliphatic carbocycles. The molecule has 1 aromatic rings. The van der Waals surface area contributed by atoms with Gasteiger partial charge in [-0.1, -0.05) is 12.8 Å². The molecular formula is C14H20N4O. The molecule has 5 nitrogen and oxygen atoms in total. The minimum absolute atomic E-state index is 0.0867. The van der Waals surface area contributed by atoms with Crippen LogP contribution in [0, 0.1) is 23.7 Å². The monoisotopic (exact) mass is 260 g/mol. The second-order valence-electron chi connectivity index (χ2n) is 5.28. The smallest absolute Gasteiger partial charge is 0.240 e. The lowest BCUT2D eigenvalue weighted by Gasteiger charge is -2.19. The standard InChI is InChI=1S/C14H20N4O/c1-11-12(9-17-18-11)5-4-8-16-13(19)14(10-15)6-2-3-7-14/h9H,2-8H2,1H3,(H,16,19)(H,17,18). The molecular weight excluding hydrogens is 240 g/mol. The third kappa shape index (κ3) is 2.95. The molecule has 1 aliphatic rings. The number of aromatic amines is 1. The number of carbonyl (C=O) groups excluding carboxylic acids is 1. The zero-order valence-electron chi connectivity index (χ0n) is 11.3. The molecule has 0 atom stereocenters. The number of amides is 1. The highest BCUT2D eigenvalue weighted by Gasteiger charge is 2.41. The van der Waals surface area contributed by atoms with Crippen molar-refractivity contribution in [1.29, 1.82) is 5.26 Å². The van der Waals surface area contributed by atoms with E-state index in [1.807, 2.05) is 13.1 Å². The van der Waals surface area contributed by atoms with Crippen molar-refractivity contribution in [3.63, 3.8) is 0 Å². The van der Waals surface area contributed by atoms with E-state index in [9.17, 15) is 10.1 Å². The van der Waals surface area contributed by atoms with Gasteiger partial charge in [-0.2, -0.15) is 10.4 Å². The number of rotatable bonds is 5. The molecule has 0 unspecified atom stereocenters. The van der Waals surface area contributed by atoms with Crippen LogP contribution in [0.1, 0.15) is 43.4 Å². The number of aromatic nitrogens is 2. The number of H-pyrrole nitrogens is 1. The summed E-state index contributed by atoms with van der Waals surface area (Å²) in [6, 6.07) is 2.21. The Hall–Kier alpha value is -1.83. The van der Waals surface area contributed by atoms with Crippen LogP contribution in [0.25, 0.3) is 0 Å². The van der Waals surface area contributed by atoms with Crippen molar-refractivity contribution in [2.24, 2.45) is 5.41 Å². The van der Waals surface area contributed by atoms with Crippen LogP contribution in [0.2, 0.25) is 0 Å². The van der Waals surface area contributed by atoms with Gasteiger partial charge in [0.15, 0.2) is 0 Å². The van der Waals surface area contributed by atoms with Gasteiger partial charge in [0.05, 0.1) is 12.3 Å². The van der Waals surface area contributed by atoms with E-state index in [-0.39, 0.29) is 5.91 Å². The molecule has 19 heavy (non-hydrogen) atoms. The summed E-state index contributed by atoms with van der Waals surface area (Å²) in [7, 11) is 0. The van der Waals surface area contributed by atoms with Gasteiger partial charge in [-0.3, -0.25) is 9.89 Å². The lowest BCUT2D eigenvalue weighted by molar-refractivity contribution is -0.127. The third-order valence-electron chi connectivity index (χ3n) is 3.95. The zero-order chi connectivity index (χ0) is 13.7. The highest BCUT2D eigenvalue weighted by atomic mass is 16.2. The fourth-order valence-electron chi connectivity index (χ4n) is 2.65. The van der Waals surface area contributed by atoms with E-state index in [4.69, 9.17) is 0 Å². The molecule has 0 bridgehead atoms. The average molecular weight is 260 g/mol. The van der Waals surface area contributed by atoms with Crippen LogP contribution < -0.4 is 5.32 Å². The van der Waals surface area contributed by atoms with Gasteiger partial charge in [0.25, 0.3) is 0 Å². The Morgan fingerprint density at radius 2 is 2.32 bits per heavy atom. The number of nitrogens with zero attached hydrogens (tertiary/aromatic N) is 2. The molecule has 1 saturated carbocycles. The summed E-state index contributed by atoms with van der Waals surface area (Å²) in [5.74, 6) is -0.0867. The maximum Gasteiger partial charge on any atom is 0.240 e. The van der Waals surface area contributed by atoms with Crippen LogP contribution in [-0.4, -0.2) is 22.6 Å². The van der Waals surface area contributed by atoms with Crippen LogP contribution in [0.4, 0.5) is 0 Å². The number of nitriles is 1. The summed E-state index contributed by atoms with van der Waals surface area (Å²) in [6.07, 6.45) is 6.96. The predicted molar refractivity (Wildman–Crippen MR) is 71.2 cm³/mol. The van der Waals surface area contributed by atoms with Crippen molar-refractivity contribution in [3.05, 3.63) is 17.5 Å². The molecule has 1 aromatic heterocycles. The van der Waals surface area contributed by atoms with E-state index in [2.05, 4.69) is 21.6 Å².